The summed E-state index contributed by atoms with van der Waals surface area (Å²) in [6.45, 7) is 19.3. The van der Waals surface area contributed by atoms with Gasteiger partial charge < -0.3 is 47.8 Å². The van der Waals surface area contributed by atoms with Crippen LogP contribution in [0.3, 0.4) is 0 Å². The van der Waals surface area contributed by atoms with Gasteiger partial charge >= 0.3 is 5.97 Å². The van der Waals surface area contributed by atoms with E-state index in [2.05, 4.69) is 146 Å². The number of aliphatic carboxylic acids is 1. The number of benzene rings is 6. The molecule has 0 unspecified atom stereocenters. The number of carboxylic acids is 1. The number of hydrogen-bond donors (Lipinski definition) is 8. The zero-order chi connectivity index (χ0) is 94.7. The average Bonchev–Trinajstić information content (AvgIpc) is 0.893. The van der Waals surface area contributed by atoms with E-state index >= 15 is 0 Å². The van der Waals surface area contributed by atoms with Gasteiger partial charge in [0.1, 0.15) is 23.3 Å². The smallest absolute Gasteiger partial charge is 0.332 e. The second-order valence-corrected chi connectivity index (χ2v) is 36.4. The number of sulfonamides is 2. The summed E-state index contributed by atoms with van der Waals surface area (Å²) < 4.78 is 54.6. The quantitative estimate of drug-likeness (QED) is 0.0131. The zero-order valence-corrected chi connectivity index (χ0v) is 79.2. The summed E-state index contributed by atoms with van der Waals surface area (Å²) in [6.07, 6.45) is 34.9. The van der Waals surface area contributed by atoms with Gasteiger partial charge in [0.05, 0.1) is 21.2 Å². The first-order valence-electron chi connectivity index (χ1n) is 45.6. The van der Waals surface area contributed by atoms with E-state index < -0.39 is 26.0 Å². The maximum Gasteiger partial charge on any atom is 0.332 e. The number of amidine groups is 2. The van der Waals surface area contributed by atoms with Gasteiger partial charge in [-0.2, -0.15) is 8.61 Å². The van der Waals surface area contributed by atoms with E-state index in [1.807, 2.05) is 79.1 Å². The molecule has 32 heteroatoms. The van der Waals surface area contributed by atoms with Gasteiger partial charge in [0.15, 0.2) is 0 Å². The number of rotatable bonds is 40. The monoisotopic (exact) mass is 1860 g/mol. The number of unbranched alkanes of at least 4 members (excludes halogenated alkanes) is 6. The summed E-state index contributed by atoms with van der Waals surface area (Å²) in [5.41, 5.74) is 26.7. The first-order valence-corrected chi connectivity index (χ1v) is 48.8. The van der Waals surface area contributed by atoms with Gasteiger partial charge in [0.25, 0.3) is 0 Å². The number of aryl methyl sites for hydroxylation is 2. The van der Waals surface area contributed by atoms with E-state index in [9.17, 15) is 36.6 Å². The number of aliphatic imine (C=N–C) groups is 2. The molecule has 706 valence electrons. The van der Waals surface area contributed by atoms with Crippen LogP contribution in [0.4, 0.5) is 17.3 Å². The molecule has 2 saturated heterocycles. The molecule has 0 saturated carbocycles. The van der Waals surface area contributed by atoms with Crippen LogP contribution in [0, 0.1) is 11.8 Å². The van der Waals surface area contributed by atoms with Gasteiger partial charge in [-0.1, -0.05) is 169 Å². The van der Waals surface area contributed by atoms with E-state index in [0.29, 0.717) is 91.0 Å². The average molecular weight is 1860 g/mol. The van der Waals surface area contributed by atoms with Gasteiger partial charge in [0.2, 0.25) is 37.2 Å². The van der Waals surface area contributed by atoms with Crippen LogP contribution in [0.2, 0.25) is 5.28 Å². The molecule has 0 radical (unpaired) electrons. The molecule has 14 rings (SSSR count). The molecule has 1 amide bonds. The minimum absolute atomic E-state index is 0.0143. The summed E-state index contributed by atoms with van der Waals surface area (Å²) in [5, 5.41) is 38.2. The van der Waals surface area contributed by atoms with Crippen molar-refractivity contribution in [2.24, 2.45) is 39.0 Å². The number of fused-ring (bicyclic) bond motifs is 2. The Morgan fingerprint density at radius 3 is 1.30 bits per heavy atom. The van der Waals surface area contributed by atoms with Crippen molar-refractivity contribution in [1.29, 1.82) is 0 Å². The van der Waals surface area contributed by atoms with Crippen molar-refractivity contribution in [3.8, 4) is 22.3 Å². The fraction of sp³-hybridized carbons (Fsp3) is 0.400. The third kappa shape index (κ3) is 36.0. The summed E-state index contributed by atoms with van der Waals surface area (Å²) in [5.74, 6) is 1.90. The standard InChI is InChI=1S/C31H37N7O4S.C21H21N3O5S.C18H25N3.C13H22N2.C12H20N2.C4H3ClN2.CH4O/c1-2-13-37(14-5-12-35-31-33-10-4-11-34-31)30(40)26-15-25-9-8-24(17-28(25)36-29(32)18-26)23-6-3-7-27(16-23)43(41,42)38-19-22(20-38)21-39;22-20-9-17(21(26)27)6-16-5-4-15(8-19(16)23-20)14-2-1-3-18(7-14)30(28,29)24-10-13(11-24)12-25;1-2-14-21(16-17-9-4-3-5-10-17)15-7-6-11-18-19-12-8-13-20-18;1-2-10-15(11-6-9-14)12-13-7-4-3-5-8-13;1-2-3-4-5-6-7-9-12-13-10-8-11-14-12;5-4-6-2-1-3-7-4;1-2/h3-4,6-11,15-17,22,39H,2,5,12-14,18-21H2,1H3,(H2,32,36)(H,33,34,35);1-8,13,25H,9-12H2,(H2,22,23)(H,26,27);3-5,8-10,12-13H,2,6-7,11,14-16H2,1H3;3-5,7-8H,2,6,9-12,14H2,1H3;8,10-11H,2-7,9H2,1H3;1-3H;2H,1H3. The highest BCUT2D eigenvalue weighted by molar-refractivity contribution is 7.89. The lowest BCUT2D eigenvalue weighted by molar-refractivity contribution is -0.132. The summed E-state index contributed by atoms with van der Waals surface area (Å²) in [4.78, 5) is 73.7. The molecule has 4 aromatic heterocycles. The first kappa shape index (κ1) is 106. The Kier molecular flexibility index (Phi) is 47.0. The number of halogens is 1. The molecular weight excluding hydrogens is 1730 g/mol. The maximum atomic E-state index is 13.6. The Hall–Kier alpha value is -11.3. The number of aromatic nitrogens is 8. The fourth-order valence-electron chi connectivity index (χ4n) is 14.8. The Labute approximate surface area is 784 Å². The predicted octanol–water partition coefficient (Wildman–Crippen LogP) is 15.2. The van der Waals surface area contributed by atoms with E-state index in [4.69, 9.17) is 39.0 Å². The van der Waals surface area contributed by atoms with Crippen LogP contribution in [-0.4, -0.2) is 223 Å². The number of carbonyl (C=O) groups is 2. The van der Waals surface area contributed by atoms with Crippen molar-refractivity contribution >= 4 is 84.7 Å². The molecule has 4 aliphatic heterocycles. The van der Waals surface area contributed by atoms with E-state index in [1.54, 1.807) is 104 Å². The minimum Gasteiger partial charge on any atom is -0.478 e. The second kappa shape index (κ2) is 58.5. The number of aliphatic hydroxyl groups is 3. The van der Waals surface area contributed by atoms with Crippen molar-refractivity contribution in [3.05, 3.63) is 270 Å². The second-order valence-electron chi connectivity index (χ2n) is 32.2. The molecule has 0 atom stereocenters. The molecule has 10 aromatic rings. The zero-order valence-electron chi connectivity index (χ0n) is 76.8. The van der Waals surface area contributed by atoms with Crippen LogP contribution in [0.25, 0.3) is 34.4 Å². The van der Waals surface area contributed by atoms with Crippen molar-refractivity contribution in [3.63, 3.8) is 0 Å². The molecule has 132 heavy (non-hydrogen) atoms. The number of hydrogen-bond acceptors (Lipinski definition) is 25. The number of anilines is 1. The number of nitrogens with one attached hydrogen (secondary N) is 1. The maximum absolute atomic E-state index is 13.6. The van der Waals surface area contributed by atoms with Gasteiger partial charge in [0, 0.05) is 189 Å². The van der Waals surface area contributed by atoms with Crippen molar-refractivity contribution in [2.45, 2.75) is 160 Å². The van der Waals surface area contributed by atoms with Gasteiger partial charge in [-0.3, -0.25) is 14.6 Å². The predicted molar refractivity (Wildman–Crippen MR) is 527 cm³/mol. The fourth-order valence-corrected chi connectivity index (χ4v) is 18.1. The Morgan fingerprint density at radius 1 is 0.455 bits per heavy atom. The van der Waals surface area contributed by atoms with E-state index in [0.717, 1.165) is 125 Å². The van der Waals surface area contributed by atoms with Crippen LogP contribution in [-0.2, 0) is 55.6 Å². The lowest BCUT2D eigenvalue weighted by Gasteiger charge is -2.36. The van der Waals surface area contributed by atoms with Gasteiger partial charge in [-0.25, -0.2) is 71.5 Å². The van der Waals surface area contributed by atoms with Crippen LogP contribution < -0.4 is 22.5 Å². The number of carboxylic acid groups (broad SMARTS) is 1. The number of aliphatic hydroxyl groups excluding tert-OH is 3. The number of amides is 1. The number of nitrogens with two attached hydrogens (primary N) is 3. The lowest BCUT2D eigenvalue weighted by Crippen LogP contribution is -2.51. The molecule has 29 nitrogen and oxygen atoms in total. The highest BCUT2D eigenvalue weighted by Gasteiger charge is 2.38. The summed E-state index contributed by atoms with van der Waals surface area (Å²) in [6, 6.07) is 53.0. The van der Waals surface area contributed by atoms with Gasteiger partial charge in [-0.05, 0) is 202 Å². The molecule has 4 aliphatic rings. The van der Waals surface area contributed by atoms with Crippen molar-refractivity contribution < 1.29 is 46.9 Å². The number of carbonyl (C=O) groups excluding carboxylic acids is 1. The number of nitrogens with zero attached hydrogens (tertiary/aromatic N) is 15. The topological polar surface area (TPSA) is 417 Å². The molecule has 2 fully saturated rings. The molecule has 0 bridgehead atoms. The third-order valence-electron chi connectivity index (χ3n) is 21.7. The molecule has 0 spiro atoms. The van der Waals surface area contributed by atoms with Crippen molar-refractivity contribution in [2.75, 3.05) is 104 Å². The highest BCUT2D eigenvalue weighted by atomic mass is 35.5. The van der Waals surface area contributed by atoms with Crippen LogP contribution in [0.15, 0.2) is 250 Å². The van der Waals surface area contributed by atoms with Gasteiger partial charge in [-0.15, -0.1) is 0 Å². The van der Waals surface area contributed by atoms with Crippen LogP contribution >= 0.6 is 11.6 Å². The normalized spacial score (nSPS) is 13.6. The molecule has 6 aromatic carbocycles. The third-order valence-corrected chi connectivity index (χ3v) is 25.5. The first-order chi connectivity index (χ1) is 64.1. The van der Waals surface area contributed by atoms with Crippen LogP contribution in [0.1, 0.15) is 158 Å². The Bertz CT molecular complexity index is 5420. The summed E-state index contributed by atoms with van der Waals surface area (Å²) >= 11 is 5.32. The SMILES string of the molecule is CCCCCCCCc1ncccn1.CCCN(CCCCc1ncccn1)Cc1ccccc1.CCCN(CCCN)Cc1ccccc1.CCCN(CCCNc1ncccn1)C(=O)C1=Cc2ccc(-c3cccc(S(=O)(=O)N4CC(CO)C4)c3)cc2N=C(N)C1.CO.Clc1ncccn1.NC1=Nc2cc(-c3cccc(S(=O)(=O)N4CC(CO)C4)c3)ccc2C=C(C(=O)O)C1. The van der Waals surface area contributed by atoms with Crippen LogP contribution in [0.5, 0.6) is 0 Å². The molecular formula is C100H132ClN19O10S2. The largest absolute Gasteiger partial charge is 0.478 e. The summed E-state index contributed by atoms with van der Waals surface area (Å²) in [7, 11) is -6.27. The van der Waals surface area contributed by atoms with Crippen molar-refractivity contribution in [1.82, 2.24) is 63.2 Å². The molecule has 0 aliphatic carbocycles. The Balaban J connectivity index is 0.000000210. The Morgan fingerprint density at radius 2 is 0.871 bits per heavy atom. The lowest BCUT2D eigenvalue weighted by atomic mass is 10.0. The van der Waals surface area contributed by atoms with E-state index in [-0.39, 0.29) is 65.0 Å². The highest BCUT2D eigenvalue weighted by Crippen LogP contribution is 2.37. The van der Waals surface area contributed by atoms with E-state index in [1.165, 1.54) is 77.5 Å². The minimum atomic E-state index is -3.65. The molecule has 8 heterocycles. The molecule has 11 N–H and O–H groups in total.